The summed E-state index contributed by atoms with van der Waals surface area (Å²) in [5.74, 6) is 0. The molecule has 6 rings (SSSR count). The highest BCUT2D eigenvalue weighted by atomic mass is 14.4. The van der Waals surface area contributed by atoms with Crippen LogP contribution >= 0.6 is 0 Å². The first-order chi connectivity index (χ1) is 13.4. The molecule has 3 aromatic rings. The Balaban J connectivity index is 1.82. The molecule has 0 amide bonds. The van der Waals surface area contributed by atoms with E-state index in [0.717, 1.165) is 12.8 Å². The Hall–Kier alpha value is -2.60. The predicted molar refractivity (Wildman–Crippen MR) is 120 cm³/mol. The molecule has 0 N–H and O–H groups in total. The van der Waals surface area contributed by atoms with Crippen molar-refractivity contribution in [2.24, 2.45) is 0 Å². The number of hydrogen-bond acceptors (Lipinski definition) is 0. The molecule has 0 heteroatoms. The minimum atomic E-state index is 0.0562. The fourth-order valence-electron chi connectivity index (χ4n) is 6.10. The molecule has 0 fully saturated rings. The van der Waals surface area contributed by atoms with E-state index in [9.17, 15) is 0 Å². The molecule has 0 unspecified atom stereocenters. The fraction of sp³-hybridized carbons (Fsp3) is 0.286. The lowest BCUT2D eigenvalue weighted by molar-refractivity contribution is 0.652. The summed E-state index contributed by atoms with van der Waals surface area (Å²) in [6.07, 6.45) is 7.07. The highest BCUT2D eigenvalue weighted by Gasteiger charge is 2.41. The van der Waals surface area contributed by atoms with Crippen molar-refractivity contribution < 1.29 is 0 Å². The SMILES string of the molecule is CC1(C)C2=C(CCC=C2)c2c1ccc1ccc3c(c21)-c1ccccc1C3(C)C. The molecule has 0 saturated heterocycles. The molecule has 138 valence electrons. The maximum absolute atomic E-state index is 2.40. The molecule has 0 aliphatic heterocycles. The third-order valence-electron chi connectivity index (χ3n) is 7.55. The van der Waals surface area contributed by atoms with Crippen molar-refractivity contribution in [3.05, 3.63) is 88.5 Å². The summed E-state index contributed by atoms with van der Waals surface area (Å²) in [7, 11) is 0. The van der Waals surface area contributed by atoms with Crippen molar-refractivity contribution in [1.29, 1.82) is 0 Å². The zero-order valence-corrected chi connectivity index (χ0v) is 17.2. The van der Waals surface area contributed by atoms with Crippen LogP contribution in [-0.4, -0.2) is 0 Å². The molecule has 0 aromatic heterocycles. The van der Waals surface area contributed by atoms with E-state index in [2.05, 4.69) is 88.4 Å². The Labute approximate surface area is 167 Å². The molecule has 0 heterocycles. The van der Waals surface area contributed by atoms with Crippen LogP contribution in [0.2, 0.25) is 0 Å². The average Bonchev–Trinajstić information content (AvgIpc) is 3.08. The summed E-state index contributed by atoms with van der Waals surface area (Å²) in [5, 5.41) is 2.87. The number of allylic oxidation sites excluding steroid dienone is 4. The molecule has 28 heavy (non-hydrogen) atoms. The fourth-order valence-corrected chi connectivity index (χ4v) is 6.10. The molecule has 3 aromatic carbocycles. The zero-order chi connectivity index (χ0) is 19.3. The summed E-state index contributed by atoms with van der Waals surface area (Å²) in [4.78, 5) is 0. The predicted octanol–water partition coefficient (Wildman–Crippen LogP) is 7.54. The summed E-state index contributed by atoms with van der Waals surface area (Å²) in [6.45, 7) is 9.56. The Kier molecular flexibility index (Phi) is 2.96. The van der Waals surface area contributed by atoms with Crippen molar-refractivity contribution in [2.45, 2.75) is 51.4 Å². The van der Waals surface area contributed by atoms with Crippen molar-refractivity contribution in [2.75, 3.05) is 0 Å². The van der Waals surface area contributed by atoms with Crippen LogP contribution in [0, 0.1) is 0 Å². The zero-order valence-electron chi connectivity index (χ0n) is 17.2. The second-order valence-electron chi connectivity index (χ2n) is 9.70. The first kappa shape index (κ1) is 16.4. The van der Waals surface area contributed by atoms with Crippen LogP contribution in [0.1, 0.15) is 62.8 Å². The van der Waals surface area contributed by atoms with Crippen LogP contribution in [-0.2, 0) is 10.8 Å². The summed E-state index contributed by atoms with van der Waals surface area (Å²) >= 11 is 0. The van der Waals surface area contributed by atoms with Crippen LogP contribution in [0.4, 0.5) is 0 Å². The number of fused-ring (bicyclic) bond motifs is 8. The van der Waals surface area contributed by atoms with Gasteiger partial charge in [-0.05, 0) is 68.1 Å². The van der Waals surface area contributed by atoms with Gasteiger partial charge in [-0.2, -0.15) is 0 Å². The van der Waals surface area contributed by atoms with Crippen LogP contribution in [0.5, 0.6) is 0 Å². The van der Waals surface area contributed by atoms with Crippen LogP contribution < -0.4 is 0 Å². The molecule has 3 aliphatic carbocycles. The largest absolute Gasteiger partial charge is 0.0839 e. The molecule has 0 saturated carbocycles. The third-order valence-corrected chi connectivity index (χ3v) is 7.55. The van der Waals surface area contributed by atoms with Gasteiger partial charge in [0, 0.05) is 10.8 Å². The molecule has 3 aliphatic rings. The molecule has 0 nitrogen and oxygen atoms in total. The molecule has 0 spiro atoms. The monoisotopic (exact) mass is 362 g/mol. The lowest BCUT2D eigenvalue weighted by Gasteiger charge is -2.24. The minimum Gasteiger partial charge on any atom is -0.0839 e. The molecule has 0 bridgehead atoms. The first-order valence-electron chi connectivity index (χ1n) is 10.5. The maximum atomic E-state index is 2.40. The van der Waals surface area contributed by atoms with Gasteiger partial charge in [0.1, 0.15) is 0 Å². The highest BCUT2D eigenvalue weighted by Crippen LogP contribution is 2.57. The Morgan fingerprint density at radius 2 is 1.43 bits per heavy atom. The standard InChI is InChI=1S/C28H26/c1-27(2)20-11-7-5-9-18(20)25-22(27)15-13-17-14-16-23-26(24(17)25)19-10-6-8-12-21(19)28(23,3)4/h5,7-9,11-16H,6,10H2,1-4H3. The average molecular weight is 363 g/mol. The molecule has 0 radical (unpaired) electrons. The van der Waals surface area contributed by atoms with E-state index in [4.69, 9.17) is 0 Å². The van der Waals surface area contributed by atoms with Gasteiger partial charge >= 0.3 is 0 Å². The van der Waals surface area contributed by atoms with Gasteiger partial charge in [0.05, 0.1) is 0 Å². The lowest BCUT2D eigenvalue weighted by Crippen LogP contribution is -2.16. The Bertz CT molecular complexity index is 1240. The van der Waals surface area contributed by atoms with Gasteiger partial charge in [-0.3, -0.25) is 0 Å². The van der Waals surface area contributed by atoms with E-state index in [-0.39, 0.29) is 10.8 Å². The van der Waals surface area contributed by atoms with Gasteiger partial charge in [0.2, 0.25) is 0 Å². The number of rotatable bonds is 0. The van der Waals surface area contributed by atoms with E-state index in [1.165, 1.54) is 49.7 Å². The number of hydrogen-bond donors (Lipinski definition) is 0. The van der Waals surface area contributed by atoms with Crippen LogP contribution in [0.3, 0.4) is 0 Å². The highest BCUT2D eigenvalue weighted by molar-refractivity contribution is 6.10. The van der Waals surface area contributed by atoms with Gasteiger partial charge in [-0.1, -0.05) is 88.4 Å². The summed E-state index contributed by atoms with van der Waals surface area (Å²) in [6, 6.07) is 18.5. The summed E-state index contributed by atoms with van der Waals surface area (Å²) < 4.78 is 0. The molecular weight excluding hydrogens is 336 g/mol. The maximum Gasteiger partial charge on any atom is 0.0159 e. The molecular formula is C28H26. The van der Waals surface area contributed by atoms with Gasteiger partial charge < -0.3 is 0 Å². The van der Waals surface area contributed by atoms with Crippen molar-refractivity contribution in [3.8, 4) is 11.1 Å². The van der Waals surface area contributed by atoms with Gasteiger partial charge in [0.25, 0.3) is 0 Å². The van der Waals surface area contributed by atoms with Crippen LogP contribution in [0.15, 0.2) is 66.3 Å². The van der Waals surface area contributed by atoms with Crippen LogP contribution in [0.25, 0.3) is 27.5 Å². The summed E-state index contributed by atoms with van der Waals surface area (Å²) in [5.41, 5.74) is 12.2. The Morgan fingerprint density at radius 3 is 2.21 bits per heavy atom. The van der Waals surface area contributed by atoms with Crippen molar-refractivity contribution in [1.82, 2.24) is 0 Å². The van der Waals surface area contributed by atoms with E-state index < -0.39 is 0 Å². The van der Waals surface area contributed by atoms with Gasteiger partial charge in [0.15, 0.2) is 0 Å². The topological polar surface area (TPSA) is 0 Å². The van der Waals surface area contributed by atoms with Crippen molar-refractivity contribution in [3.63, 3.8) is 0 Å². The van der Waals surface area contributed by atoms with Gasteiger partial charge in [-0.15, -0.1) is 0 Å². The second-order valence-corrected chi connectivity index (χ2v) is 9.70. The lowest BCUT2D eigenvalue weighted by atomic mass is 9.79. The third kappa shape index (κ3) is 1.77. The van der Waals surface area contributed by atoms with E-state index in [0.29, 0.717) is 0 Å². The van der Waals surface area contributed by atoms with Crippen molar-refractivity contribution >= 4 is 16.3 Å². The molecule has 0 atom stereocenters. The Morgan fingerprint density at radius 1 is 0.714 bits per heavy atom. The van der Waals surface area contributed by atoms with Gasteiger partial charge in [-0.25, -0.2) is 0 Å². The van der Waals surface area contributed by atoms with E-state index in [1.54, 1.807) is 5.57 Å². The second kappa shape index (κ2) is 5.06. The smallest absolute Gasteiger partial charge is 0.0159 e. The quantitative estimate of drug-likeness (QED) is 0.387. The first-order valence-corrected chi connectivity index (χ1v) is 10.5. The normalized spacial score (nSPS) is 20.1. The minimum absolute atomic E-state index is 0.0562. The van der Waals surface area contributed by atoms with E-state index >= 15 is 0 Å². The number of benzene rings is 3. The van der Waals surface area contributed by atoms with E-state index in [1.807, 2.05) is 0 Å².